The van der Waals surface area contributed by atoms with Crippen LogP contribution in [-0.2, 0) is 10.0 Å². The number of nitrogens with two attached hydrogens (primary N) is 1. The fraction of sp³-hybridized carbons (Fsp3) is 0.300. The number of sulfonamides is 1. The van der Waals surface area contributed by atoms with Crippen molar-refractivity contribution in [3.8, 4) is 0 Å². The zero-order valence-corrected chi connectivity index (χ0v) is 13.5. The third-order valence-corrected chi connectivity index (χ3v) is 5.54. The van der Waals surface area contributed by atoms with Crippen molar-refractivity contribution in [2.75, 3.05) is 13.6 Å². The van der Waals surface area contributed by atoms with Crippen LogP contribution >= 0.6 is 39.7 Å². The molecule has 0 aliphatic heterocycles. The second-order valence-corrected chi connectivity index (χ2v) is 7.45. The standard InChI is InChI=1S/C10H12BrClN2O2S2/c1-14(5-4-10(13)17)18(15,16)7-2-3-9(12)8(11)6-7/h2-3,6H,4-5H2,1H3,(H2,13,17). The Morgan fingerprint density at radius 3 is 2.67 bits per heavy atom. The lowest BCUT2D eigenvalue weighted by Gasteiger charge is -2.17. The van der Waals surface area contributed by atoms with E-state index in [-0.39, 0.29) is 16.4 Å². The minimum absolute atomic E-state index is 0.171. The molecule has 0 aliphatic carbocycles. The van der Waals surface area contributed by atoms with Gasteiger partial charge in [0.1, 0.15) is 0 Å². The number of thiocarbonyl (C=S) groups is 1. The maximum Gasteiger partial charge on any atom is 0.242 e. The van der Waals surface area contributed by atoms with Gasteiger partial charge in [-0.1, -0.05) is 23.8 Å². The van der Waals surface area contributed by atoms with E-state index in [1.54, 1.807) is 0 Å². The highest BCUT2D eigenvalue weighted by atomic mass is 79.9. The molecule has 0 saturated heterocycles. The van der Waals surface area contributed by atoms with Gasteiger partial charge in [-0.2, -0.15) is 0 Å². The molecule has 1 aromatic rings. The fourth-order valence-corrected chi connectivity index (χ4v) is 3.14. The van der Waals surface area contributed by atoms with Crippen LogP contribution in [0.1, 0.15) is 6.42 Å². The Kier molecular flexibility index (Phi) is 5.54. The molecular weight excluding hydrogens is 360 g/mol. The molecule has 0 radical (unpaired) electrons. The van der Waals surface area contributed by atoms with Gasteiger partial charge in [0.25, 0.3) is 0 Å². The van der Waals surface area contributed by atoms with Gasteiger partial charge in [0, 0.05) is 24.5 Å². The first-order valence-electron chi connectivity index (χ1n) is 4.95. The van der Waals surface area contributed by atoms with Crippen LogP contribution in [0, 0.1) is 0 Å². The zero-order valence-electron chi connectivity index (χ0n) is 9.56. The third-order valence-electron chi connectivity index (χ3n) is 2.27. The SMILES string of the molecule is CN(CCC(N)=S)S(=O)(=O)c1ccc(Cl)c(Br)c1. The van der Waals surface area contributed by atoms with E-state index in [2.05, 4.69) is 15.9 Å². The Morgan fingerprint density at radius 2 is 2.17 bits per heavy atom. The fourth-order valence-electron chi connectivity index (χ4n) is 1.21. The Balaban J connectivity index is 2.98. The summed E-state index contributed by atoms with van der Waals surface area (Å²) in [6, 6.07) is 4.45. The van der Waals surface area contributed by atoms with E-state index in [4.69, 9.17) is 29.6 Å². The summed E-state index contributed by atoms with van der Waals surface area (Å²) in [4.78, 5) is 0.457. The molecule has 0 unspecified atom stereocenters. The molecule has 0 saturated carbocycles. The molecule has 0 fully saturated rings. The lowest BCUT2D eigenvalue weighted by molar-refractivity contribution is 0.479. The summed E-state index contributed by atoms with van der Waals surface area (Å²) < 4.78 is 26.1. The van der Waals surface area contributed by atoms with Crippen LogP contribution in [-0.4, -0.2) is 31.3 Å². The molecule has 8 heteroatoms. The van der Waals surface area contributed by atoms with Crippen molar-refractivity contribution in [3.05, 3.63) is 27.7 Å². The number of rotatable bonds is 5. The van der Waals surface area contributed by atoms with E-state index in [1.807, 2.05) is 0 Å². The topological polar surface area (TPSA) is 63.4 Å². The normalized spacial score (nSPS) is 11.8. The molecular formula is C10H12BrClN2O2S2. The summed E-state index contributed by atoms with van der Waals surface area (Å²) in [5, 5.41) is 0.458. The predicted molar refractivity (Wildman–Crippen MR) is 80.4 cm³/mol. The molecule has 0 spiro atoms. The highest BCUT2D eigenvalue weighted by Gasteiger charge is 2.21. The Hall–Kier alpha value is -0.210. The monoisotopic (exact) mass is 370 g/mol. The lowest BCUT2D eigenvalue weighted by Crippen LogP contribution is -2.30. The molecule has 4 nitrogen and oxygen atoms in total. The average molecular weight is 372 g/mol. The predicted octanol–water partition coefficient (Wildman–Crippen LogP) is 2.40. The summed E-state index contributed by atoms with van der Waals surface area (Å²) in [6.45, 7) is 0.248. The van der Waals surface area contributed by atoms with Gasteiger partial charge in [-0.05, 0) is 34.1 Å². The minimum atomic E-state index is -3.54. The van der Waals surface area contributed by atoms with Crippen LogP contribution in [0.2, 0.25) is 5.02 Å². The van der Waals surface area contributed by atoms with E-state index in [0.717, 1.165) is 0 Å². The quantitative estimate of drug-likeness (QED) is 0.807. The number of benzene rings is 1. The highest BCUT2D eigenvalue weighted by molar-refractivity contribution is 9.10. The molecule has 0 amide bonds. The zero-order chi connectivity index (χ0) is 13.9. The van der Waals surface area contributed by atoms with Crippen molar-refractivity contribution < 1.29 is 8.42 Å². The summed E-state index contributed by atoms with van der Waals surface area (Å²) in [6.07, 6.45) is 0.347. The molecule has 0 bridgehead atoms. The molecule has 0 aromatic heterocycles. The molecule has 1 aromatic carbocycles. The van der Waals surface area contributed by atoms with Crippen molar-refractivity contribution in [1.29, 1.82) is 0 Å². The first-order valence-corrected chi connectivity index (χ1v) is 7.97. The van der Waals surface area contributed by atoms with Gasteiger partial charge >= 0.3 is 0 Å². The van der Waals surface area contributed by atoms with Gasteiger partial charge in [-0.3, -0.25) is 0 Å². The first kappa shape index (κ1) is 15.8. The summed E-state index contributed by atoms with van der Waals surface area (Å²) in [7, 11) is -2.06. The largest absolute Gasteiger partial charge is 0.393 e. The van der Waals surface area contributed by atoms with E-state index in [9.17, 15) is 8.42 Å². The first-order chi connectivity index (χ1) is 8.25. The highest BCUT2D eigenvalue weighted by Crippen LogP contribution is 2.26. The van der Waals surface area contributed by atoms with Crippen molar-refractivity contribution in [2.45, 2.75) is 11.3 Å². The summed E-state index contributed by atoms with van der Waals surface area (Å²) in [5.41, 5.74) is 5.35. The maximum absolute atomic E-state index is 12.2. The van der Waals surface area contributed by atoms with E-state index in [1.165, 1.54) is 29.6 Å². The summed E-state index contributed by atoms with van der Waals surface area (Å²) in [5.74, 6) is 0. The van der Waals surface area contributed by atoms with Crippen LogP contribution in [0.3, 0.4) is 0 Å². The third kappa shape index (κ3) is 3.89. The van der Waals surface area contributed by atoms with Gasteiger partial charge in [0.05, 0.1) is 14.9 Å². The summed E-state index contributed by atoms with van der Waals surface area (Å²) >= 11 is 13.7. The van der Waals surface area contributed by atoms with E-state index < -0.39 is 10.0 Å². The molecule has 18 heavy (non-hydrogen) atoms. The molecule has 2 N–H and O–H groups in total. The van der Waals surface area contributed by atoms with Gasteiger partial charge in [0.15, 0.2) is 0 Å². The van der Waals surface area contributed by atoms with E-state index in [0.29, 0.717) is 15.9 Å². The van der Waals surface area contributed by atoms with Crippen LogP contribution in [0.15, 0.2) is 27.6 Å². The Morgan fingerprint density at radius 1 is 1.56 bits per heavy atom. The van der Waals surface area contributed by atoms with Crippen LogP contribution in [0.4, 0.5) is 0 Å². The van der Waals surface area contributed by atoms with Gasteiger partial charge in [-0.15, -0.1) is 0 Å². The molecule has 0 aliphatic rings. The Bertz CT molecular complexity index is 563. The van der Waals surface area contributed by atoms with Crippen molar-refractivity contribution >= 4 is 54.8 Å². The molecule has 100 valence electrons. The number of halogens is 2. The van der Waals surface area contributed by atoms with Gasteiger partial charge in [0.2, 0.25) is 10.0 Å². The number of hydrogen-bond donors (Lipinski definition) is 1. The second kappa shape index (κ2) is 6.29. The van der Waals surface area contributed by atoms with E-state index >= 15 is 0 Å². The van der Waals surface area contributed by atoms with Gasteiger partial charge in [-0.25, -0.2) is 12.7 Å². The van der Waals surface area contributed by atoms with Crippen LogP contribution < -0.4 is 5.73 Å². The van der Waals surface area contributed by atoms with Crippen LogP contribution in [0.5, 0.6) is 0 Å². The Labute approximate surface area is 125 Å². The molecule has 1 rings (SSSR count). The second-order valence-electron chi connectivity index (χ2n) is 3.62. The smallest absolute Gasteiger partial charge is 0.242 e. The van der Waals surface area contributed by atoms with Gasteiger partial charge < -0.3 is 5.73 Å². The number of hydrogen-bond acceptors (Lipinski definition) is 3. The average Bonchev–Trinajstić information content (AvgIpc) is 2.29. The molecule has 0 heterocycles. The van der Waals surface area contributed by atoms with Crippen molar-refractivity contribution in [1.82, 2.24) is 4.31 Å². The number of nitrogens with zero attached hydrogens (tertiary/aromatic N) is 1. The van der Waals surface area contributed by atoms with Crippen molar-refractivity contribution in [2.24, 2.45) is 5.73 Å². The molecule has 0 atom stereocenters. The van der Waals surface area contributed by atoms with Crippen molar-refractivity contribution in [3.63, 3.8) is 0 Å². The van der Waals surface area contributed by atoms with Crippen LogP contribution in [0.25, 0.3) is 0 Å². The minimum Gasteiger partial charge on any atom is -0.393 e. The lowest BCUT2D eigenvalue weighted by atomic mass is 10.4. The maximum atomic E-state index is 12.2.